The van der Waals surface area contributed by atoms with Crippen LogP contribution in [0, 0.1) is 26.2 Å². The van der Waals surface area contributed by atoms with Crippen LogP contribution in [-0.4, -0.2) is 6.01 Å². The molecule has 0 atom stereocenters. The zero-order chi connectivity index (χ0) is 9.14. The van der Waals surface area contributed by atoms with Gasteiger partial charge in [0.1, 0.15) is 0 Å². The number of hydrogen-bond acceptors (Lipinski definition) is 2. The molecule has 0 spiro atoms. The number of nitrogens with one attached hydrogen (secondary N) is 1. The maximum absolute atomic E-state index is 6.77. The van der Waals surface area contributed by atoms with Crippen LogP contribution >= 0.6 is 0 Å². The number of aliphatic imine (C=N–C) groups is 1. The molecular formula is C10H12N2. The molecule has 2 heteroatoms. The first kappa shape index (κ1) is 8.69. The van der Waals surface area contributed by atoms with Crippen LogP contribution in [0.15, 0.2) is 17.1 Å². The lowest BCUT2D eigenvalue weighted by atomic mass is 10.1. The molecule has 1 rings (SSSR count). The lowest BCUT2D eigenvalue weighted by Gasteiger charge is -2.04. The van der Waals surface area contributed by atoms with Gasteiger partial charge in [0, 0.05) is 0 Å². The molecule has 0 fully saturated rings. The highest BCUT2D eigenvalue weighted by atomic mass is 14.7. The first-order chi connectivity index (χ1) is 5.65. The van der Waals surface area contributed by atoms with E-state index in [1.54, 1.807) is 0 Å². The molecule has 0 aromatic heterocycles. The molecule has 0 saturated heterocycles. The van der Waals surface area contributed by atoms with E-state index in [1.165, 1.54) is 5.56 Å². The summed E-state index contributed by atoms with van der Waals surface area (Å²) in [6, 6.07) is 6.18. The highest BCUT2D eigenvalue weighted by molar-refractivity contribution is 5.59. The third-order valence-corrected chi connectivity index (χ3v) is 1.80. The minimum absolute atomic E-state index is 0.871. The second-order valence-electron chi connectivity index (χ2n) is 2.97. The van der Waals surface area contributed by atoms with Crippen LogP contribution in [0.1, 0.15) is 16.7 Å². The van der Waals surface area contributed by atoms with Gasteiger partial charge >= 0.3 is 0 Å². The molecule has 1 aromatic carbocycles. The van der Waals surface area contributed by atoms with Gasteiger partial charge in [0.2, 0.25) is 0 Å². The Morgan fingerprint density at radius 3 is 2.08 bits per heavy atom. The van der Waals surface area contributed by atoms with Gasteiger partial charge in [-0.05, 0) is 31.9 Å². The Kier molecular flexibility index (Phi) is 2.41. The van der Waals surface area contributed by atoms with Crippen molar-refractivity contribution >= 4 is 11.7 Å². The Labute approximate surface area is 72.5 Å². The van der Waals surface area contributed by atoms with Crippen LogP contribution < -0.4 is 0 Å². The van der Waals surface area contributed by atoms with E-state index in [-0.39, 0.29) is 0 Å². The molecule has 0 heterocycles. The average Bonchev–Trinajstić information content (AvgIpc) is 1.96. The maximum Gasteiger partial charge on any atom is 0.0918 e. The van der Waals surface area contributed by atoms with Crippen LogP contribution in [0.3, 0.4) is 0 Å². The summed E-state index contributed by atoms with van der Waals surface area (Å²) in [6.45, 7) is 6.05. The minimum atomic E-state index is 0.871. The molecular weight excluding hydrogens is 148 g/mol. The smallest absolute Gasteiger partial charge is 0.0918 e. The van der Waals surface area contributed by atoms with Gasteiger partial charge in [0.05, 0.1) is 11.7 Å². The summed E-state index contributed by atoms with van der Waals surface area (Å²) >= 11 is 0. The van der Waals surface area contributed by atoms with E-state index in [2.05, 4.69) is 30.1 Å². The summed E-state index contributed by atoms with van der Waals surface area (Å²) in [5.41, 5.74) is 4.31. The summed E-state index contributed by atoms with van der Waals surface area (Å²) in [6.07, 6.45) is 0. The fraction of sp³-hybridized carbons (Fsp3) is 0.300. The summed E-state index contributed by atoms with van der Waals surface area (Å²) in [4.78, 5) is 3.86. The number of hydrogen-bond donors (Lipinski definition) is 1. The molecule has 0 unspecified atom stereocenters. The van der Waals surface area contributed by atoms with E-state index in [9.17, 15) is 0 Å². The first-order valence-electron chi connectivity index (χ1n) is 3.85. The predicted molar refractivity (Wildman–Crippen MR) is 50.5 cm³/mol. The highest BCUT2D eigenvalue weighted by Gasteiger charge is 2.00. The lowest BCUT2D eigenvalue weighted by molar-refractivity contribution is 1.29. The SMILES string of the molecule is Cc1cc(C)c(N=C=N)c(C)c1. The minimum Gasteiger partial charge on any atom is -0.241 e. The molecule has 0 aliphatic heterocycles. The third kappa shape index (κ3) is 1.60. The van der Waals surface area contributed by atoms with Gasteiger partial charge in [0.25, 0.3) is 0 Å². The zero-order valence-corrected chi connectivity index (χ0v) is 7.60. The Bertz CT molecular complexity index is 324. The van der Waals surface area contributed by atoms with Crippen LogP contribution in [-0.2, 0) is 0 Å². The number of benzene rings is 1. The molecule has 1 N–H and O–H groups in total. The number of nitrogens with zero attached hydrogens (tertiary/aromatic N) is 1. The van der Waals surface area contributed by atoms with Crippen molar-refractivity contribution in [2.45, 2.75) is 20.8 Å². The van der Waals surface area contributed by atoms with Crippen LogP contribution in [0.25, 0.3) is 0 Å². The van der Waals surface area contributed by atoms with Crippen molar-refractivity contribution in [2.24, 2.45) is 4.99 Å². The van der Waals surface area contributed by atoms with Crippen molar-refractivity contribution in [2.75, 3.05) is 0 Å². The van der Waals surface area contributed by atoms with E-state index >= 15 is 0 Å². The molecule has 2 nitrogen and oxygen atoms in total. The summed E-state index contributed by atoms with van der Waals surface area (Å²) in [5.74, 6) is 0. The molecule has 0 radical (unpaired) electrons. The van der Waals surface area contributed by atoms with Crippen molar-refractivity contribution < 1.29 is 0 Å². The Morgan fingerprint density at radius 1 is 1.17 bits per heavy atom. The number of rotatable bonds is 1. The van der Waals surface area contributed by atoms with Crippen molar-refractivity contribution in [3.8, 4) is 0 Å². The van der Waals surface area contributed by atoms with Crippen molar-refractivity contribution in [3.63, 3.8) is 0 Å². The molecule has 0 aliphatic rings. The largest absolute Gasteiger partial charge is 0.241 e. The fourth-order valence-electron chi connectivity index (χ4n) is 1.40. The first-order valence-corrected chi connectivity index (χ1v) is 3.85. The normalized spacial score (nSPS) is 9.25. The maximum atomic E-state index is 6.77. The lowest BCUT2D eigenvalue weighted by Crippen LogP contribution is -1.82. The van der Waals surface area contributed by atoms with Gasteiger partial charge in [-0.3, -0.25) is 0 Å². The van der Waals surface area contributed by atoms with E-state index < -0.39 is 0 Å². The van der Waals surface area contributed by atoms with Crippen molar-refractivity contribution in [1.82, 2.24) is 0 Å². The molecule has 12 heavy (non-hydrogen) atoms. The Morgan fingerprint density at radius 2 is 1.67 bits per heavy atom. The van der Waals surface area contributed by atoms with Crippen LogP contribution in [0.5, 0.6) is 0 Å². The summed E-state index contributed by atoms with van der Waals surface area (Å²) < 4.78 is 0. The standard InChI is InChI=1S/C10H12N2/c1-7-4-8(2)10(12-6-11)9(3)5-7/h4-5,11H,1-3H3. The second-order valence-corrected chi connectivity index (χ2v) is 2.97. The quantitative estimate of drug-likeness (QED) is 0.613. The second kappa shape index (κ2) is 3.33. The van der Waals surface area contributed by atoms with E-state index in [4.69, 9.17) is 5.41 Å². The predicted octanol–water partition coefficient (Wildman–Crippen LogP) is 3.00. The average molecular weight is 160 g/mol. The topological polar surface area (TPSA) is 36.2 Å². The summed E-state index contributed by atoms with van der Waals surface area (Å²) in [5, 5.41) is 6.77. The molecule has 1 aromatic rings. The molecule has 0 amide bonds. The van der Waals surface area contributed by atoms with E-state index in [0.29, 0.717) is 0 Å². The molecule has 62 valence electrons. The van der Waals surface area contributed by atoms with Crippen molar-refractivity contribution in [1.29, 1.82) is 5.41 Å². The third-order valence-electron chi connectivity index (χ3n) is 1.80. The Hall–Kier alpha value is -1.40. The fourth-order valence-corrected chi connectivity index (χ4v) is 1.40. The Balaban J connectivity index is 3.37. The van der Waals surface area contributed by atoms with Gasteiger partial charge in [-0.25, -0.2) is 5.41 Å². The van der Waals surface area contributed by atoms with Crippen LogP contribution in [0.4, 0.5) is 5.69 Å². The molecule has 0 bridgehead atoms. The van der Waals surface area contributed by atoms with Gasteiger partial charge in [-0.15, -0.1) is 0 Å². The highest BCUT2D eigenvalue weighted by Crippen LogP contribution is 2.23. The summed E-state index contributed by atoms with van der Waals surface area (Å²) in [7, 11) is 0. The molecule has 0 aliphatic carbocycles. The van der Waals surface area contributed by atoms with Gasteiger partial charge in [-0.2, -0.15) is 4.99 Å². The zero-order valence-electron chi connectivity index (χ0n) is 7.60. The van der Waals surface area contributed by atoms with E-state index in [0.717, 1.165) is 16.8 Å². The van der Waals surface area contributed by atoms with Gasteiger partial charge < -0.3 is 0 Å². The monoisotopic (exact) mass is 160 g/mol. The molecule has 0 saturated carbocycles. The number of aryl methyl sites for hydroxylation is 3. The van der Waals surface area contributed by atoms with Gasteiger partial charge in [-0.1, -0.05) is 17.7 Å². The van der Waals surface area contributed by atoms with E-state index in [1.807, 2.05) is 13.8 Å². The van der Waals surface area contributed by atoms with Crippen LogP contribution in [0.2, 0.25) is 0 Å². The van der Waals surface area contributed by atoms with Crippen molar-refractivity contribution in [3.05, 3.63) is 28.8 Å². The van der Waals surface area contributed by atoms with Gasteiger partial charge in [0.15, 0.2) is 0 Å².